The minimum absolute atomic E-state index is 0.193. The molecular formula is C11H12N2O2. The highest BCUT2D eigenvalue weighted by atomic mass is 16.3. The molecule has 0 aliphatic carbocycles. The topological polar surface area (TPSA) is 68.3 Å². The number of amides is 1. The number of anilines is 1. The van der Waals surface area contributed by atoms with Crippen LogP contribution in [0.15, 0.2) is 28.7 Å². The number of nitrogen functional groups attached to an aromatic ring is 1. The maximum absolute atomic E-state index is 11.6. The molecule has 4 nitrogen and oxygen atoms in total. The van der Waals surface area contributed by atoms with Gasteiger partial charge in [-0.05, 0) is 19.1 Å². The first-order valence-electron chi connectivity index (χ1n) is 4.79. The van der Waals surface area contributed by atoms with Crippen molar-refractivity contribution < 1.29 is 9.21 Å². The van der Waals surface area contributed by atoms with Crippen molar-refractivity contribution >= 4 is 22.6 Å². The van der Waals surface area contributed by atoms with E-state index in [1.165, 1.54) is 0 Å². The fourth-order valence-corrected chi connectivity index (χ4v) is 1.47. The van der Waals surface area contributed by atoms with Crippen LogP contribution in [0.3, 0.4) is 0 Å². The highest BCUT2D eigenvalue weighted by Gasteiger charge is 2.16. The van der Waals surface area contributed by atoms with Gasteiger partial charge < -0.3 is 15.5 Å². The number of benzene rings is 1. The Morgan fingerprint density at radius 1 is 1.47 bits per heavy atom. The molecule has 1 heterocycles. The van der Waals surface area contributed by atoms with Gasteiger partial charge in [-0.1, -0.05) is 12.1 Å². The first kappa shape index (κ1) is 9.58. The van der Waals surface area contributed by atoms with Gasteiger partial charge in [0.2, 0.25) is 5.76 Å². The summed E-state index contributed by atoms with van der Waals surface area (Å²) in [5, 5.41) is 3.43. The van der Waals surface area contributed by atoms with Crippen LogP contribution < -0.4 is 11.1 Å². The monoisotopic (exact) mass is 204 g/mol. The number of para-hydroxylation sites is 1. The van der Waals surface area contributed by atoms with Gasteiger partial charge in [0, 0.05) is 11.9 Å². The lowest BCUT2D eigenvalue weighted by Crippen LogP contribution is -2.22. The summed E-state index contributed by atoms with van der Waals surface area (Å²) in [6.45, 7) is 2.39. The van der Waals surface area contributed by atoms with E-state index in [2.05, 4.69) is 5.32 Å². The summed E-state index contributed by atoms with van der Waals surface area (Å²) in [6, 6.07) is 7.31. The molecule has 4 heteroatoms. The Morgan fingerprint density at radius 2 is 2.20 bits per heavy atom. The zero-order valence-corrected chi connectivity index (χ0v) is 8.41. The number of nitrogens with one attached hydrogen (secondary N) is 1. The summed E-state index contributed by atoms with van der Waals surface area (Å²) < 4.78 is 5.38. The second-order valence-corrected chi connectivity index (χ2v) is 3.20. The normalized spacial score (nSPS) is 10.5. The molecule has 0 atom stereocenters. The van der Waals surface area contributed by atoms with Gasteiger partial charge in [-0.2, -0.15) is 0 Å². The molecule has 78 valence electrons. The van der Waals surface area contributed by atoms with Gasteiger partial charge >= 0.3 is 0 Å². The van der Waals surface area contributed by atoms with Crippen LogP contribution in [0.4, 0.5) is 5.69 Å². The van der Waals surface area contributed by atoms with Crippen LogP contribution in [-0.4, -0.2) is 12.5 Å². The fraction of sp³-hybridized carbons (Fsp3) is 0.182. The zero-order valence-electron chi connectivity index (χ0n) is 8.41. The van der Waals surface area contributed by atoms with Crippen molar-refractivity contribution in [2.45, 2.75) is 6.92 Å². The first-order valence-corrected chi connectivity index (χ1v) is 4.79. The summed E-state index contributed by atoms with van der Waals surface area (Å²) in [4.78, 5) is 11.6. The lowest BCUT2D eigenvalue weighted by Gasteiger charge is -1.98. The third kappa shape index (κ3) is 1.54. The summed E-state index contributed by atoms with van der Waals surface area (Å²) in [5.41, 5.74) is 6.85. The molecule has 2 aromatic rings. The summed E-state index contributed by atoms with van der Waals surface area (Å²) in [5.74, 6) is -0.0794. The molecule has 0 bridgehead atoms. The standard InChI is InChI=1S/C11H12N2O2/c1-2-13-11(14)10-9(12)7-5-3-4-6-8(7)15-10/h3-6H,2,12H2,1H3,(H,13,14). The third-order valence-electron chi connectivity index (χ3n) is 2.18. The van der Waals surface area contributed by atoms with Crippen LogP contribution in [0.1, 0.15) is 17.5 Å². The van der Waals surface area contributed by atoms with Crippen LogP contribution >= 0.6 is 0 Å². The van der Waals surface area contributed by atoms with Crippen molar-refractivity contribution in [3.05, 3.63) is 30.0 Å². The smallest absolute Gasteiger partial charge is 0.289 e. The summed E-state index contributed by atoms with van der Waals surface area (Å²) >= 11 is 0. The third-order valence-corrected chi connectivity index (χ3v) is 2.18. The lowest BCUT2D eigenvalue weighted by molar-refractivity contribution is 0.0931. The number of hydrogen-bond acceptors (Lipinski definition) is 3. The van der Waals surface area contributed by atoms with Crippen LogP contribution in [0.5, 0.6) is 0 Å². The fourth-order valence-electron chi connectivity index (χ4n) is 1.47. The quantitative estimate of drug-likeness (QED) is 0.783. The van der Waals surface area contributed by atoms with Gasteiger partial charge in [0.1, 0.15) is 5.58 Å². The molecule has 0 radical (unpaired) electrons. The van der Waals surface area contributed by atoms with Crippen LogP contribution in [0, 0.1) is 0 Å². The first-order chi connectivity index (χ1) is 7.24. The van der Waals surface area contributed by atoms with Gasteiger partial charge in [-0.25, -0.2) is 0 Å². The Morgan fingerprint density at radius 3 is 2.87 bits per heavy atom. The average Bonchev–Trinajstić information content (AvgIpc) is 2.57. The van der Waals surface area contributed by atoms with Crippen molar-refractivity contribution in [2.75, 3.05) is 12.3 Å². The van der Waals surface area contributed by atoms with Crippen molar-refractivity contribution in [1.29, 1.82) is 0 Å². The summed E-state index contributed by atoms with van der Waals surface area (Å²) in [6.07, 6.45) is 0. The van der Waals surface area contributed by atoms with Crippen LogP contribution in [0.2, 0.25) is 0 Å². The van der Waals surface area contributed by atoms with E-state index >= 15 is 0 Å². The molecule has 0 saturated carbocycles. The largest absolute Gasteiger partial charge is 0.449 e. The van der Waals surface area contributed by atoms with Gasteiger partial charge in [-0.3, -0.25) is 4.79 Å². The van der Waals surface area contributed by atoms with Gasteiger partial charge in [0.05, 0.1) is 5.69 Å². The highest BCUT2D eigenvalue weighted by molar-refractivity contribution is 6.05. The van der Waals surface area contributed by atoms with E-state index < -0.39 is 0 Å². The molecule has 1 aromatic heterocycles. The number of furan rings is 1. The molecule has 0 aliphatic rings. The van der Waals surface area contributed by atoms with Gasteiger partial charge in [0.15, 0.2) is 0 Å². The SMILES string of the molecule is CCNC(=O)c1oc2ccccc2c1N. The van der Waals surface area contributed by atoms with E-state index in [4.69, 9.17) is 10.2 Å². The zero-order chi connectivity index (χ0) is 10.8. The summed E-state index contributed by atoms with van der Waals surface area (Å²) in [7, 11) is 0. The van der Waals surface area contributed by atoms with E-state index in [-0.39, 0.29) is 11.7 Å². The number of fused-ring (bicyclic) bond motifs is 1. The van der Waals surface area contributed by atoms with Gasteiger partial charge in [-0.15, -0.1) is 0 Å². The van der Waals surface area contributed by atoms with Crippen molar-refractivity contribution in [3.8, 4) is 0 Å². The van der Waals surface area contributed by atoms with Crippen molar-refractivity contribution in [1.82, 2.24) is 5.32 Å². The van der Waals surface area contributed by atoms with Crippen molar-refractivity contribution in [3.63, 3.8) is 0 Å². The molecule has 1 aromatic carbocycles. The Balaban J connectivity index is 2.53. The highest BCUT2D eigenvalue weighted by Crippen LogP contribution is 2.27. The molecule has 1 amide bonds. The van der Waals surface area contributed by atoms with Crippen LogP contribution in [0.25, 0.3) is 11.0 Å². The van der Waals surface area contributed by atoms with Crippen LogP contribution in [-0.2, 0) is 0 Å². The molecule has 2 rings (SSSR count). The molecule has 3 N–H and O–H groups in total. The van der Waals surface area contributed by atoms with Gasteiger partial charge in [0.25, 0.3) is 5.91 Å². The van der Waals surface area contributed by atoms with E-state index in [9.17, 15) is 4.79 Å². The molecule has 0 saturated heterocycles. The Hall–Kier alpha value is -1.97. The molecule has 0 aliphatic heterocycles. The minimum atomic E-state index is -0.272. The average molecular weight is 204 g/mol. The Kier molecular flexibility index (Phi) is 2.33. The predicted octanol–water partition coefficient (Wildman–Crippen LogP) is 1.76. The number of carbonyl (C=O) groups excluding carboxylic acids is 1. The van der Waals surface area contributed by atoms with E-state index in [0.29, 0.717) is 17.8 Å². The maximum Gasteiger partial charge on any atom is 0.289 e. The molecule has 0 unspecified atom stereocenters. The predicted molar refractivity (Wildman–Crippen MR) is 58.6 cm³/mol. The Bertz CT molecular complexity index is 502. The maximum atomic E-state index is 11.6. The second kappa shape index (κ2) is 3.65. The number of rotatable bonds is 2. The molecule has 15 heavy (non-hydrogen) atoms. The van der Waals surface area contributed by atoms with E-state index in [1.54, 1.807) is 6.07 Å². The number of carbonyl (C=O) groups is 1. The number of nitrogens with two attached hydrogens (primary N) is 1. The minimum Gasteiger partial charge on any atom is -0.449 e. The van der Waals surface area contributed by atoms with E-state index in [1.807, 2.05) is 25.1 Å². The molecule has 0 fully saturated rings. The molecule has 0 spiro atoms. The Labute approximate surface area is 87.1 Å². The number of hydrogen-bond donors (Lipinski definition) is 2. The second-order valence-electron chi connectivity index (χ2n) is 3.20. The van der Waals surface area contributed by atoms with E-state index in [0.717, 1.165) is 5.39 Å². The van der Waals surface area contributed by atoms with Crippen molar-refractivity contribution in [2.24, 2.45) is 0 Å². The lowest BCUT2D eigenvalue weighted by atomic mass is 10.2. The molecular weight excluding hydrogens is 192 g/mol.